The van der Waals surface area contributed by atoms with Gasteiger partial charge in [0.25, 0.3) is 0 Å². The molecule has 104 valence electrons. The van der Waals surface area contributed by atoms with Gasteiger partial charge in [-0.15, -0.1) is 11.3 Å². The Morgan fingerprint density at radius 3 is 3.00 bits per heavy atom. The summed E-state index contributed by atoms with van der Waals surface area (Å²) in [6.07, 6.45) is 5.60. The van der Waals surface area contributed by atoms with Crippen LogP contribution in [0.4, 0.5) is 0 Å². The average Bonchev–Trinajstić information content (AvgIpc) is 3.08. The van der Waals surface area contributed by atoms with Gasteiger partial charge >= 0.3 is 0 Å². The highest BCUT2D eigenvalue weighted by Crippen LogP contribution is 2.26. The van der Waals surface area contributed by atoms with E-state index in [2.05, 4.69) is 64.9 Å². The van der Waals surface area contributed by atoms with E-state index in [1.165, 1.54) is 27.6 Å². The second kappa shape index (κ2) is 6.25. The van der Waals surface area contributed by atoms with E-state index in [1.807, 2.05) is 11.3 Å². The molecule has 20 heavy (non-hydrogen) atoms. The van der Waals surface area contributed by atoms with E-state index in [0.29, 0.717) is 0 Å². The number of nitrogens with zero attached hydrogens (tertiary/aromatic N) is 1. The van der Waals surface area contributed by atoms with Gasteiger partial charge in [-0.05, 0) is 47.0 Å². The third-order valence-electron chi connectivity index (χ3n) is 3.48. The minimum atomic E-state index is 0.956. The summed E-state index contributed by atoms with van der Waals surface area (Å²) in [6.45, 7) is 5.20. The Bertz CT molecular complexity index is 681. The summed E-state index contributed by atoms with van der Waals surface area (Å²) in [5.74, 6) is 0. The number of thiophene rings is 1. The van der Waals surface area contributed by atoms with Gasteiger partial charge in [-0.25, -0.2) is 0 Å². The first-order valence-electron chi connectivity index (χ1n) is 7.17. The van der Waals surface area contributed by atoms with Crippen LogP contribution in [0.25, 0.3) is 10.1 Å². The van der Waals surface area contributed by atoms with Crippen LogP contribution in [0.5, 0.6) is 0 Å². The van der Waals surface area contributed by atoms with E-state index in [4.69, 9.17) is 0 Å². The Labute approximate surface area is 124 Å². The molecule has 0 radical (unpaired) electrons. The number of hydrogen-bond donors (Lipinski definition) is 1. The predicted octanol–water partition coefficient (Wildman–Crippen LogP) is 4.25. The SMILES string of the molecule is CCCNCc1ccn(Cc2csc3ccccc23)c1. The van der Waals surface area contributed by atoms with Crippen molar-refractivity contribution < 1.29 is 0 Å². The lowest BCUT2D eigenvalue weighted by atomic mass is 10.2. The van der Waals surface area contributed by atoms with Gasteiger partial charge in [0.1, 0.15) is 0 Å². The number of rotatable bonds is 6. The summed E-state index contributed by atoms with van der Waals surface area (Å²) in [4.78, 5) is 0. The second-order valence-corrected chi connectivity index (χ2v) is 6.04. The Morgan fingerprint density at radius 1 is 1.20 bits per heavy atom. The van der Waals surface area contributed by atoms with Gasteiger partial charge in [0.05, 0.1) is 0 Å². The molecule has 0 bridgehead atoms. The Hall–Kier alpha value is -1.58. The zero-order valence-corrected chi connectivity index (χ0v) is 12.6. The number of aromatic nitrogens is 1. The van der Waals surface area contributed by atoms with E-state index in [1.54, 1.807) is 0 Å². The van der Waals surface area contributed by atoms with Crippen LogP contribution in [0.3, 0.4) is 0 Å². The number of benzene rings is 1. The minimum Gasteiger partial charge on any atom is -0.350 e. The van der Waals surface area contributed by atoms with E-state index >= 15 is 0 Å². The molecule has 3 aromatic rings. The first kappa shape index (κ1) is 13.4. The maximum atomic E-state index is 3.44. The largest absolute Gasteiger partial charge is 0.350 e. The van der Waals surface area contributed by atoms with Crippen LogP contribution >= 0.6 is 11.3 Å². The van der Waals surface area contributed by atoms with Crippen LogP contribution < -0.4 is 5.32 Å². The normalized spacial score (nSPS) is 11.2. The van der Waals surface area contributed by atoms with Gasteiger partial charge in [-0.1, -0.05) is 25.1 Å². The van der Waals surface area contributed by atoms with Crippen molar-refractivity contribution >= 4 is 21.4 Å². The summed E-state index contributed by atoms with van der Waals surface area (Å²) < 4.78 is 3.65. The summed E-state index contributed by atoms with van der Waals surface area (Å²) in [7, 11) is 0. The molecule has 2 nitrogen and oxygen atoms in total. The van der Waals surface area contributed by atoms with E-state index in [0.717, 1.165) is 19.6 Å². The van der Waals surface area contributed by atoms with Crippen LogP contribution in [0.1, 0.15) is 24.5 Å². The first-order valence-corrected chi connectivity index (χ1v) is 8.05. The lowest BCUT2D eigenvalue weighted by Gasteiger charge is -2.02. The first-order chi connectivity index (χ1) is 9.86. The van der Waals surface area contributed by atoms with Crippen molar-refractivity contribution in [2.24, 2.45) is 0 Å². The molecular formula is C17H20N2S. The molecule has 0 fully saturated rings. The fraction of sp³-hybridized carbons (Fsp3) is 0.294. The molecule has 0 unspecified atom stereocenters. The summed E-state index contributed by atoms with van der Waals surface area (Å²) in [6, 6.07) is 10.8. The molecule has 0 aliphatic carbocycles. The molecule has 0 spiro atoms. The zero-order chi connectivity index (χ0) is 13.8. The number of fused-ring (bicyclic) bond motifs is 1. The topological polar surface area (TPSA) is 17.0 Å². The van der Waals surface area contributed by atoms with E-state index in [-0.39, 0.29) is 0 Å². The summed E-state index contributed by atoms with van der Waals surface area (Å²) >= 11 is 1.83. The number of hydrogen-bond acceptors (Lipinski definition) is 2. The molecule has 0 atom stereocenters. The van der Waals surface area contributed by atoms with E-state index < -0.39 is 0 Å². The predicted molar refractivity (Wildman–Crippen MR) is 87.4 cm³/mol. The average molecular weight is 284 g/mol. The van der Waals surface area contributed by atoms with Crippen molar-refractivity contribution in [2.75, 3.05) is 6.54 Å². The quantitative estimate of drug-likeness (QED) is 0.670. The summed E-state index contributed by atoms with van der Waals surface area (Å²) in [5, 5.41) is 7.11. The molecule has 0 aliphatic heterocycles. The smallest absolute Gasteiger partial charge is 0.0484 e. The molecular weight excluding hydrogens is 264 g/mol. The molecule has 0 aliphatic rings. The van der Waals surface area contributed by atoms with Gasteiger partial charge in [-0.2, -0.15) is 0 Å². The van der Waals surface area contributed by atoms with Gasteiger partial charge in [0.2, 0.25) is 0 Å². The number of nitrogens with one attached hydrogen (secondary N) is 1. The van der Waals surface area contributed by atoms with Crippen molar-refractivity contribution in [1.29, 1.82) is 0 Å². The maximum Gasteiger partial charge on any atom is 0.0484 e. The van der Waals surface area contributed by atoms with Crippen LogP contribution in [0, 0.1) is 0 Å². The van der Waals surface area contributed by atoms with Gasteiger partial charge in [0.15, 0.2) is 0 Å². The van der Waals surface area contributed by atoms with Crippen molar-refractivity contribution in [3.8, 4) is 0 Å². The Balaban J connectivity index is 1.71. The zero-order valence-electron chi connectivity index (χ0n) is 11.8. The van der Waals surface area contributed by atoms with Gasteiger partial charge < -0.3 is 9.88 Å². The molecule has 0 saturated carbocycles. The monoisotopic (exact) mass is 284 g/mol. The van der Waals surface area contributed by atoms with Gasteiger partial charge in [-0.3, -0.25) is 0 Å². The Kier molecular flexibility index (Phi) is 4.19. The van der Waals surface area contributed by atoms with Crippen LogP contribution in [-0.2, 0) is 13.1 Å². The van der Waals surface area contributed by atoms with Crippen molar-refractivity contribution in [3.05, 3.63) is 59.2 Å². The van der Waals surface area contributed by atoms with Gasteiger partial charge in [0, 0.05) is 30.2 Å². The molecule has 1 N–H and O–H groups in total. The third kappa shape index (κ3) is 2.94. The lowest BCUT2D eigenvalue weighted by Crippen LogP contribution is -2.13. The minimum absolute atomic E-state index is 0.956. The molecule has 3 rings (SSSR count). The van der Waals surface area contributed by atoms with Crippen LogP contribution in [0.15, 0.2) is 48.1 Å². The highest BCUT2D eigenvalue weighted by molar-refractivity contribution is 7.17. The van der Waals surface area contributed by atoms with Crippen molar-refractivity contribution in [2.45, 2.75) is 26.4 Å². The van der Waals surface area contributed by atoms with Crippen molar-refractivity contribution in [3.63, 3.8) is 0 Å². The highest BCUT2D eigenvalue weighted by Gasteiger charge is 2.04. The molecule has 3 heteroatoms. The highest BCUT2D eigenvalue weighted by atomic mass is 32.1. The fourth-order valence-corrected chi connectivity index (χ4v) is 3.41. The molecule has 0 amide bonds. The van der Waals surface area contributed by atoms with Crippen LogP contribution in [0.2, 0.25) is 0 Å². The lowest BCUT2D eigenvalue weighted by molar-refractivity contribution is 0.673. The Morgan fingerprint density at radius 2 is 2.10 bits per heavy atom. The molecule has 2 heterocycles. The maximum absolute atomic E-state index is 3.44. The van der Waals surface area contributed by atoms with Crippen molar-refractivity contribution in [1.82, 2.24) is 9.88 Å². The molecule has 0 saturated heterocycles. The second-order valence-electron chi connectivity index (χ2n) is 5.13. The fourth-order valence-electron chi connectivity index (χ4n) is 2.45. The molecule has 2 aromatic heterocycles. The van der Waals surface area contributed by atoms with Crippen LogP contribution in [-0.4, -0.2) is 11.1 Å². The third-order valence-corrected chi connectivity index (χ3v) is 4.49. The standard InChI is InChI=1S/C17H20N2S/c1-2-8-18-10-14-7-9-19(11-14)12-15-13-20-17-6-4-3-5-16(15)17/h3-7,9,11,13,18H,2,8,10,12H2,1H3. The molecule has 1 aromatic carbocycles. The van der Waals surface area contributed by atoms with E-state index in [9.17, 15) is 0 Å². The summed E-state index contributed by atoms with van der Waals surface area (Å²) in [5.41, 5.74) is 2.77.